The Labute approximate surface area is 132 Å². The molecule has 0 aromatic rings. The number of rotatable bonds is 5. The summed E-state index contributed by atoms with van der Waals surface area (Å²) >= 11 is 0. The molecule has 0 saturated carbocycles. The number of urea groups is 1. The first-order chi connectivity index (χ1) is 10.4. The van der Waals surface area contributed by atoms with E-state index in [1.807, 2.05) is 0 Å². The zero-order valence-electron chi connectivity index (χ0n) is 13.5. The van der Waals surface area contributed by atoms with Crippen LogP contribution in [0.5, 0.6) is 0 Å². The van der Waals surface area contributed by atoms with Crippen molar-refractivity contribution < 1.29 is 17.9 Å². The third-order valence-electron chi connectivity index (χ3n) is 4.31. The number of hydrogen-bond donors (Lipinski definition) is 1. The van der Waals surface area contributed by atoms with Gasteiger partial charge < -0.3 is 15.0 Å². The second kappa shape index (κ2) is 7.61. The monoisotopic (exact) mass is 333 g/mol. The summed E-state index contributed by atoms with van der Waals surface area (Å²) in [6.07, 6.45) is 1.78. The number of nitrogens with zero attached hydrogens (tertiary/aromatic N) is 2. The first kappa shape index (κ1) is 17.5. The molecule has 2 saturated heterocycles. The highest BCUT2D eigenvalue weighted by atomic mass is 32.2. The van der Waals surface area contributed by atoms with Crippen LogP contribution in [0, 0.1) is 5.92 Å². The van der Waals surface area contributed by atoms with Crippen LogP contribution in [-0.2, 0) is 14.6 Å². The zero-order chi connectivity index (χ0) is 16.2. The lowest BCUT2D eigenvalue weighted by Crippen LogP contribution is -2.44. The molecule has 0 aliphatic carbocycles. The molecule has 2 heterocycles. The Balaban J connectivity index is 1.69. The van der Waals surface area contributed by atoms with Crippen molar-refractivity contribution in [3.63, 3.8) is 0 Å². The van der Waals surface area contributed by atoms with E-state index in [9.17, 15) is 13.2 Å². The van der Waals surface area contributed by atoms with Gasteiger partial charge in [0, 0.05) is 45.5 Å². The maximum Gasteiger partial charge on any atom is 0.317 e. The van der Waals surface area contributed by atoms with Crippen molar-refractivity contribution >= 4 is 15.9 Å². The van der Waals surface area contributed by atoms with Crippen molar-refractivity contribution in [3.05, 3.63) is 0 Å². The van der Waals surface area contributed by atoms with Crippen LogP contribution < -0.4 is 5.32 Å². The molecule has 0 radical (unpaired) electrons. The number of morpholine rings is 1. The van der Waals surface area contributed by atoms with Crippen molar-refractivity contribution in [2.24, 2.45) is 5.92 Å². The molecule has 1 N–H and O–H groups in total. The van der Waals surface area contributed by atoms with E-state index in [4.69, 9.17) is 4.74 Å². The Morgan fingerprint density at radius 2 is 2.00 bits per heavy atom. The van der Waals surface area contributed by atoms with Crippen LogP contribution in [0.3, 0.4) is 0 Å². The minimum absolute atomic E-state index is 0.153. The topological polar surface area (TPSA) is 79.0 Å². The molecular weight excluding hydrogens is 306 g/mol. The van der Waals surface area contributed by atoms with Crippen LogP contribution in [0.4, 0.5) is 4.79 Å². The average molecular weight is 333 g/mol. The fourth-order valence-electron chi connectivity index (χ4n) is 2.92. The largest absolute Gasteiger partial charge is 0.379 e. The normalized spacial score (nSPS) is 25.2. The van der Waals surface area contributed by atoms with Crippen LogP contribution in [-0.4, -0.2) is 88.2 Å². The first-order valence-electron chi connectivity index (χ1n) is 7.88. The molecule has 22 heavy (non-hydrogen) atoms. The molecule has 8 heteroatoms. The summed E-state index contributed by atoms with van der Waals surface area (Å²) in [6.45, 7) is 7.93. The summed E-state index contributed by atoms with van der Waals surface area (Å²) in [7, 11) is -3.06. The number of nitrogens with one attached hydrogen (secondary N) is 1. The van der Waals surface area contributed by atoms with Gasteiger partial charge in [-0.3, -0.25) is 4.90 Å². The molecule has 0 aromatic heterocycles. The van der Waals surface area contributed by atoms with Crippen molar-refractivity contribution in [2.75, 3.05) is 58.7 Å². The van der Waals surface area contributed by atoms with Gasteiger partial charge in [0.05, 0.1) is 18.5 Å². The molecular formula is C14H27N3O4S. The highest BCUT2D eigenvalue weighted by molar-refractivity contribution is 7.91. The van der Waals surface area contributed by atoms with Crippen molar-refractivity contribution in [1.29, 1.82) is 0 Å². The van der Waals surface area contributed by atoms with Crippen LogP contribution in [0.2, 0.25) is 0 Å². The van der Waals surface area contributed by atoms with E-state index in [0.717, 1.165) is 32.8 Å². The summed E-state index contributed by atoms with van der Waals surface area (Å²) in [4.78, 5) is 16.0. The van der Waals surface area contributed by atoms with E-state index in [1.165, 1.54) is 6.26 Å². The second-order valence-corrected chi connectivity index (χ2v) is 8.72. The molecule has 2 aliphatic heterocycles. The summed E-state index contributed by atoms with van der Waals surface area (Å²) in [5.41, 5.74) is 0. The minimum Gasteiger partial charge on any atom is -0.379 e. The number of amides is 2. The lowest BCUT2D eigenvalue weighted by atomic mass is 10.1. The van der Waals surface area contributed by atoms with Gasteiger partial charge >= 0.3 is 6.03 Å². The van der Waals surface area contributed by atoms with E-state index < -0.39 is 15.1 Å². The van der Waals surface area contributed by atoms with E-state index in [0.29, 0.717) is 32.0 Å². The minimum atomic E-state index is -3.06. The first-order valence-corrected chi connectivity index (χ1v) is 9.83. The molecule has 2 unspecified atom stereocenters. The molecule has 0 spiro atoms. The van der Waals surface area contributed by atoms with E-state index >= 15 is 0 Å². The molecule has 128 valence electrons. The molecule has 2 fully saturated rings. The number of hydrogen-bond acceptors (Lipinski definition) is 5. The number of sulfone groups is 1. The van der Waals surface area contributed by atoms with Gasteiger partial charge in [-0.05, 0) is 12.3 Å². The van der Waals surface area contributed by atoms with Gasteiger partial charge in [-0.25, -0.2) is 13.2 Å². The van der Waals surface area contributed by atoms with Crippen LogP contribution >= 0.6 is 0 Å². The van der Waals surface area contributed by atoms with Gasteiger partial charge in [-0.2, -0.15) is 0 Å². The Morgan fingerprint density at radius 1 is 1.32 bits per heavy atom. The zero-order valence-corrected chi connectivity index (χ0v) is 14.3. The molecule has 2 aliphatic rings. The lowest BCUT2D eigenvalue weighted by molar-refractivity contribution is 0.0319. The molecule has 7 nitrogen and oxygen atoms in total. The highest BCUT2D eigenvalue weighted by Crippen LogP contribution is 2.16. The van der Waals surface area contributed by atoms with Crippen LogP contribution in [0.25, 0.3) is 0 Å². The smallest absolute Gasteiger partial charge is 0.317 e. The van der Waals surface area contributed by atoms with Crippen LogP contribution in [0.1, 0.15) is 13.3 Å². The van der Waals surface area contributed by atoms with Gasteiger partial charge in [-0.1, -0.05) is 6.92 Å². The van der Waals surface area contributed by atoms with Crippen molar-refractivity contribution in [1.82, 2.24) is 15.1 Å². The number of likely N-dealkylation sites (tertiary alicyclic amines) is 1. The van der Waals surface area contributed by atoms with E-state index in [1.54, 1.807) is 4.90 Å². The van der Waals surface area contributed by atoms with E-state index in [-0.39, 0.29) is 6.03 Å². The number of carbonyl (C=O) groups excluding carboxylic acids is 1. The SMILES string of the molecule is CC(CNC(=O)N1CCC(S(C)(=O)=O)C1)CN1CCOCC1. The maximum atomic E-state index is 12.1. The third kappa shape index (κ3) is 5.10. The Kier molecular flexibility index (Phi) is 6.05. The fourth-order valence-corrected chi connectivity index (χ4v) is 3.91. The third-order valence-corrected chi connectivity index (χ3v) is 5.91. The number of carbonyl (C=O) groups is 1. The quantitative estimate of drug-likeness (QED) is 0.753. The second-order valence-electron chi connectivity index (χ2n) is 6.39. The lowest BCUT2D eigenvalue weighted by Gasteiger charge is -2.29. The standard InChI is InChI=1S/C14H27N3O4S/c1-12(10-16-5-7-21-8-6-16)9-15-14(18)17-4-3-13(11-17)22(2,19)20/h12-13H,3-11H2,1-2H3,(H,15,18). The van der Waals surface area contributed by atoms with Gasteiger partial charge in [-0.15, -0.1) is 0 Å². The Morgan fingerprint density at radius 3 is 2.59 bits per heavy atom. The molecule has 2 amide bonds. The number of ether oxygens (including phenoxy) is 1. The molecule has 0 aromatic carbocycles. The van der Waals surface area contributed by atoms with E-state index in [2.05, 4.69) is 17.1 Å². The highest BCUT2D eigenvalue weighted by Gasteiger charge is 2.32. The van der Waals surface area contributed by atoms with Gasteiger partial charge in [0.1, 0.15) is 0 Å². The van der Waals surface area contributed by atoms with Crippen molar-refractivity contribution in [3.8, 4) is 0 Å². The summed E-state index contributed by atoms with van der Waals surface area (Å²) in [6, 6.07) is -0.153. The average Bonchev–Trinajstić information content (AvgIpc) is 2.96. The summed E-state index contributed by atoms with van der Waals surface area (Å²) in [5.74, 6) is 0.357. The Hall–Kier alpha value is -0.860. The predicted molar refractivity (Wildman–Crippen MR) is 84.6 cm³/mol. The summed E-state index contributed by atoms with van der Waals surface area (Å²) < 4.78 is 28.3. The summed E-state index contributed by atoms with van der Waals surface area (Å²) in [5, 5.41) is 2.51. The van der Waals surface area contributed by atoms with Crippen molar-refractivity contribution in [2.45, 2.75) is 18.6 Å². The van der Waals surface area contributed by atoms with Gasteiger partial charge in [0.15, 0.2) is 9.84 Å². The molecule has 0 bridgehead atoms. The molecule has 2 atom stereocenters. The predicted octanol–water partition coefficient (Wildman–Crippen LogP) is -0.217. The maximum absolute atomic E-state index is 12.1. The van der Waals surface area contributed by atoms with Gasteiger partial charge in [0.25, 0.3) is 0 Å². The fraction of sp³-hybridized carbons (Fsp3) is 0.929. The molecule has 2 rings (SSSR count). The van der Waals surface area contributed by atoms with Crippen LogP contribution in [0.15, 0.2) is 0 Å². The Bertz CT molecular complexity index is 476. The van der Waals surface area contributed by atoms with Gasteiger partial charge in [0.2, 0.25) is 0 Å².